The van der Waals surface area contributed by atoms with Gasteiger partial charge >= 0.3 is 0 Å². The lowest BCUT2D eigenvalue weighted by Crippen LogP contribution is -2.57. The molecule has 36 heavy (non-hydrogen) atoms. The van der Waals surface area contributed by atoms with E-state index in [0.29, 0.717) is 25.1 Å². The maximum atomic E-state index is 15.7. The van der Waals surface area contributed by atoms with Gasteiger partial charge in [0.25, 0.3) is 5.91 Å². The largest absolute Gasteiger partial charge is 0.491 e. The summed E-state index contributed by atoms with van der Waals surface area (Å²) in [5.74, 6) is -2.72. The highest BCUT2D eigenvalue weighted by atomic mass is 35.5. The molecule has 0 radical (unpaired) electrons. The second-order valence-corrected chi connectivity index (χ2v) is 10.3. The summed E-state index contributed by atoms with van der Waals surface area (Å²) < 4.78 is 36.2. The molecule has 0 aromatic heterocycles. The molecular weight excluding hydrogens is 510 g/mol. The van der Waals surface area contributed by atoms with E-state index >= 15 is 4.39 Å². The van der Waals surface area contributed by atoms with E-state index in [-0.39, 0.29) is 57.6 Å². The average molecular weight is 531 g/mol. The quantitative estimate of drug-likeness (QED) is 0.584. The van der Waals surface area contributed by atoms with Gasteiger partial charge in [0.15, 0.2) is 5.75 Å². The standard InChI is InChI=1S/C25H21ClF2N4O3S/c1-2-18(33)31-6-7-32-12(11-31)5-8-35-22-14(25(32)34)9-17(28)20(21(22)26)13-3-4-16(27)23-19(13)15(10-29)24(30)36-23/h2-4,9,12,19,23H,1,5-8,11,30H2/t12-,19+,23?/m0/s1. The minimum atomic E-state index is -0.820. The first-order chi connectivity index (χ1) is 17.3. The van der Waals surface area contributed by atoms with Crippen LogP contribution in [0, 0.1) is 23.1 Å². The van der Waals surface area contributed by atoms with Crippen LogP contribution in [0.25, 0.3) is 5.57 Å². The van der Waals surface area contributed by atoms with Gasteiger partial charge in [-0.1, -0.05) is 36.0 Å². The van der Waals surface area contributed by atoms with Crippen LogP contribution in [0.1, 0.15) is 22.3 Å². The molecule has 0 spiro atoms. The molecule has 2 N–H and O–H groups in total. The van der Waals surface area contributed by atoms with E-state index in [1.807, 2.05) is 6.07 Å². The number of carbonyl (C=O) groups excluding carboxylic acids is 2. The first-order valence-corrected chi connectivity index (χ1v) is 12.5. The molecule has 11 heteroatoms. The van der Waals surface area contributed by atoms with Crippen molar-refractivity contribution < 1.29 is 23.1 Å². The number of thioether (sulfide) groups is 1. The highest BCUT2D eigenvalue weighted by molar-refractivity contribution is 8.04. The van der Waals surface area contributed by atoms with Gasteiger partial charge in [-0.25, -0.2) is 8.78 Å². The number of fused-ring (bicyclic) bond motifs is 3. The Balaban J connectivity index is 1.55. The van der Waals surface area contributed by atoms with Gasteiger partial charge in [0.2, 0.25) is 5.91 Å². The molecule has 4 aliphatic rings. The summed E-state index contributed by atoms with van der Waals surface area (Å²) >= 11 is 7.69. The minimum Gasteiger partial charge on any atom is -0.491 e. The number of nitrogens with zero attached hydrogens (tertiary/aromatic N) is 3. The Morgan fingerprint density at radius 1 is 1.36 bits per heavy atom. The molecule has 3 heterocycles. The lowest BCUT2D eigenvalue weighted by Gasteiger charge is -2.42. The molecule has 1 aromatic carbocycles. The van der Waals surface area contributed by atoms with Gasteiger partial charge < -0.3 is 20.3 Å². The number of carbonyl (C=O) groups is 2. The summed E-state index contributed by atoms with van der Waals surface area (Å²) in [7, 11) is 0. The number of amides is 2. The molecular formula is C25H21ClF2N4O3S. The lowest BCUT2D eigenvalue weighted by molar-refractivity contribution is -0.128. The fourth-order valence-corrected chi connectivity index (χ4v) is 6.69. The lowest BCUT2D eigenvalue weighted by atomic mass is 9.81. The molecule has 1 fully saturated rings. The van der Waals surface area contributed by atoms with Crippen molar-refractivity contribution in [3.63, 3.8) is 0 Å². The number of allylic oxidation sites excluding steroid dienone is 4. The summed E-state index contributed by atoms with van der Waals surface area (Å²) in [5.41, 5.74) is 6.32. The molecule has 1 aromatic rings. The number of nitrogens with two attached hydrogens (primary N) is 1. The van der Waals surface area contributed by atoms with Crippen LogP contribution in [0.2, 0.25) is 5.02 Å². The number of rotatable bonds is 2. The predicted octanol–water partition coefficient (Wildman–Crippen LogP) is 3.78. The third-order valence-corrected chi connectivity index (χ3v) is 8.49. The zero-order valence-corrected chi connectivity index (χ0v) is 20.5. The number of nitriles is 1. The Morgan fingerprint density at radius 3 is 2.86 bits per heavy atom. The van der Waals surface area contributed by atoms with Gasteiger partial charge in [-0.2, -0.15) is 5.26 Å². The fraction of sp³-hybridized carbons (Fsp3) is 0.320. The van der Waals surface area contributed by atoms with Gasteiger partial charge in [-0.15, -0.1) is 0 Å². The molecule has 3 atom stereocenters. The van der Waals surface area contributed by atoms with Gasteiger partial charge in [0.05, 0.1) is 45.2 Å². The first kappa shape index (κ1) is 24.4. The summed E-state index contributed by atoms with van der Waals surface area (Å²) in [6.45, 7) is 4.61. The molecule has 0 bridgehead atoms. The smallest absolute Gasteiger partial charge is 0.258 e. The van der Waals surface area contributed by atoms with Crippen LogP contribution >= 0.6 is 23.4 Å². The van der Waals surface area contributed by atoms with Crippen LogP contribution in [0.5, 0.6) is 5.75 Å². The van der Waals surface area contributed by atoms with Crippen molar-refractivity contribution in [1.29, 1.82) is 5.26 Å². The topological polar surface area (TPSA) is 99.7 Å². The van der Waals surface area contributed by atoms with E-state index in [9.17, 15) is 19.2 Å². The van der Waals surface area contributed by atoms with E-state index in [2.05, 4.69) is 6.58 Å². The SMILES string of the molecule is C=CC(=O)N1CCN2C(=O)c3cc(F)c(C4=CC=C(F)C5SC(N)=C(C#N)[C@@H]45)c(Cl)c3OCC[C@H]2C1. The van der Waals surface area contributed by atoms with E-state index in [1.165, 1.54) is 18.2 Å². The minimum absolute atomic E-state index is 0.0273. The van der Waals surface area contributed by atoms with E-state index < -0.39 is 28.7 Å². The second-order valence-electron chi connectivity index (χ2n) is 8.78. The number of ether oxygens (including phenoxy) is 1. The Bertz CT molecular complexity index is 1340. The third kappa shape index (κ3) is 3.78. The molecule has 1 saturated heterocycles. The van der Waals surface area contributed by atoms with Crippen LogP contribution in [-0.4, -0.2) is 59.1 Å². The van der Waals surface area contributed by atoms with Crippen molar-refractivity contribution >= 4 is 40.8 Å². The number of piperazine rings is 1. The monoisotopic (exact) mass is 530 g/mol. The molecule has 5 rings (SSSR count). The van der Waals surface area contributed by atoms with Gasteiger partial charge in [0, 0.05) is 37.5 Å². The Kier molecular flexibility index (Phi) is 6.30. The molecule has 186 valence electrons. The Labute approximate surface area is 215 Å². The number of benzene rings is 1. The number of hydrogen-bond donors (Lipinski definition) is 1. The van der Waals surface area contributed by atoms with Crippen molar-refractivity contribution in [3.05, 3.63) is 69.3 Å². The molecule has 7 nitrogen and oxygen atoms in total. The van der Waals surface area contributed by atoms with Crippen LogP contribution in [-0.2, 0) is 4.79 Å². The Morgan fingerprint density at radius 2 is 2.14 bits per heavy atom. The number of hydrogen-bond acceptors (Lipinski definition) is 6. The summed E-state index contributed by atoms with van der Waals surface area (Å²) in [4.78, 5) is 28.8. The zero-order chi connectivity index (χ0) is 25.7. The van der Waals surface area contributed by atoms with Crippen LogP contribution in [0.15, 0.2) is 47.3 Å². The first-order valence-electron chi connectivity index (χ1n) is 11.3. The van der Waals surface area contributed by atoms with E-state index in [1.54, 1.807) is 9.80 Å². The maximum absolute atomic E-state index is 15.7. The highest BCUT2D eigenvalue weighted by Crippen LogP contribution is 2.53. The molecule has 0 saturated carbocycles. The molecule has 3 aliphatic heterocycles. The van der Waals surface area contributed by atoms with Crippen molar-refractivity contribution in [2.24, 2.45) is 11.7 Å². The predicted molar refractivity (Wildman–Crippen MR) is 132 cm³/mol. The van der Waals surface area contributed by atoms with Gasteiger partial charge in [-0.3, -0.25) is 9.59 Å². The molecule has 1 aliphatic carbocycles. The Hall–Kier alpha value is -3.29. The van der Waals surface area contributed by atoms with Crippen LogP contribution < -0.4 is 10.5 Å². The normalized spacial score (nSPS) is 25.4. The van der Waals surface area contributed by atoms with Crippen molar-refractivity contribution in [2.45, 2.75) is 17.7 Å². The van der Waals surface area contributed by atoms with Crippen molar-refractivity contribution in [2.75, 3.05) is 26.2 Å². The summed E-state index contributed by atoms with van der Waals surface area (Å²) in [6, 6.07) is 2.79. The molecule has 1 unspecified atom stereocenters. The summed E-state index contributed by atoms with van der Waals surface area (Å²) in [5, 5.41) is 8.90. The number of halogens is 3. The van der Waals surface area contributed by atoms with Gasteiger partial charge in [0.1, 0.15) is 11.6 Å². The van der Waals surface area contributed by atoms with Crippen LogP contribution in [0.4, 0.5) is 8.78 Å². The van der Waals surface area contributed by atoms with Crippen molar-refractivity contribution in [1.82, 2.24) is 9.80 Å². The summed E-state index contributed by atoms with van der Waals surface area (Å²) in [6.07, 6.45) is 4.27. The van der Waals surface area contributed by atoms with Gasteiger partial charge in [-0.05, 0) is 23.8 Å². The fourth-order valence-electron chi connectivity index (χ4n) is 5.15. The zero-order valence-electron chi connectivity index (χ0n) is 19.0. The average Bonchev–Trinajstić information content (AvgIpc) is 3.21. The molecule has 2 amide bonds. The van der Waals surface area contributed by atoms with E-state index in [0.717, 1.165) is 17.8 Å². The third-order valence-electron chi connectivity index (χ3n) is 6.90. The second kappa shape index (κ2) is 9.30. The highest BCUT2D eigenvalue weighted by Gasteiger charge is 2.44. The van der Waals surface area contributed by atoms with Crippen molar-refractivity contribution in [3.8, 4) is 11.8 Å². The maximum Gasteiger partial charge on any atom is 0.258 e. The van der Waals surface area contributed by atoms with E-state index in [4.69, 9.17) is 22.1 Å². The van der Waals surface area contributed by atoms with Crippen LogP contribution in [0.3, 0.4) is 0 Å².